The van der Waals surface area contributed by atoms with Crippen molar-refractivity contribution in [3.05, 3.63) is 88.6 Å². The molecule has 0 saturated heterocycles. The minimum Gasteiger partial charge on any atom is -0.454 e. The molecule has 0 fully saturated rings. The largest absolute Gasteiger partial charge is 0.454 e. The maximum Gasteiger partial charge on any atom is 0.231 e. The molecule has 0 unspecified atom stereocenters. The highest BCUT2D eigenvalue weighted by Crippen LogP contribution is 2.33. The summed E-state index contributed by atoms with van der Waals surface area (Å²) in [5.41, 5.74) is 3.07. The third kappa shape index (κ3) is 3.52. The van der Waals surface area contributed by atoms with Gasteiger partial charge in [0.15, 0.2) is 16.3 Å². The maximum absolute atomic E-state index is 14.5. The fourth-order valence-corrected chi connectivity index (χ4v) is 4.13. The van der Waals surface area contributed by atoms with Gasteiger partial charge in [0.2, 0.25) is 6.79 Å². The molecule has 0 radical (unpaired) electrons. The van der Waals surface area contributed by atoms with E-state index in [-0.39, 0.29) is 12.6 Å². The van der Waals surface area contributed by atoms with E-state index in [0.29, 0.717) is 12.1 Å². The molecule has 3 heterocycles. The average Bonchev–Trinajstić information content (AvgIpc) is 3.36. The van der Waals surface area contributed by atoms with Crippen LogP contribution in [0.5, 0.6) is 11.5 Å². The number of rotatable bonds is 4. The molecular formula is C22H16FN3O2S. The third-order valence-corrected chi connectivity index (χ3v) is 5.46. The summed E-state index contributed by atoms with van der Waals surface area (Å²) in [5, 5.41) is 1.93. The van der Waals surface area contributed by atoms with Gasteiger partial charge in [0.25, 0.3) is 0 Å². The van der Waals surface area contributed by atoms with Crippen LogP contribution in [0.4, 0.5) is 10.1 Å². The molecule has 1 aliphatic heterocycles. The molecule has 2 aromatic carbocycles. The van der Waals surface area contributed by atoms with Crippen molar-refractivity contribution >= 4 is 17.0 Å². The molecule has 5 nitrogen and oxygen atoms in total. The molecule has 7 heteroatoms. The zero-order chi connectivity index (χ0) is 19.6. The second-order valence-electron chi connectivity index (χ2n) is 6.48. The van der Waals surface area contributed by atoms with E-state index >= 15 is 0 Å². The fourth-order valence-electron chi connectivity index (χ4n) is 3.21. The molecule has 0 N–H and O–H groups in total. The van der Waals surface area contributed by atoms with Gasteiger partial charge in [0.05, 0.1) is 24.1 Å². The van der Waals surface area contributed by atoms with Gasteiger partial charge in [0, 0.05) is 17.1 Å². The molecule has 4 aromatic rings. The average molecular weight is 405 g/mol. The molecule has 2 aromatic heterocycles. The van der Waals surface area contributed by atoms with Crippen molar-refractivity contribution in [2.45, 2.75) is 6.54 Å². The molecule has 0 aliphatic carbocycles. The van der Waals surface area contributed by atoms with Crippen molar-refractivity contribution in [1.82, 2.24) is 9.55 Å². The quantitative estimate of drug-likeness (QED) is 0.492. The lowest BCUT2D eigenvalue weighted by Gasteiger charge is -2.11. The van der Waals surface area contributed by atoms with Gasteiger partial charge >= 0.3 is 0 Å². The van der Waals surface area contributed by atoms with E-state index < -0.39 is 0 Å². The molecule has 0 saturated carbocycles. The van der Waals surface area contributed by atoms with Gasteiger partial charge in [-0.3, -0.25) is 4.98 Å². The second kappa shape index (κ2) is 7.52. The Morgan fingerprint density at radius 3 is 2.83 bits per heavy atom. The Morgan fingerprint density at radius 1 is 1.07 bits per heavy atom. The van der Waals surface area contributed by atoms with Crippen molar-refractivity contribution < 1.29 is 13.9 Å². The highest BCUT2D eigenvalue weighted by atomic mass is 32.1. The van der Waals surface area contributed by atoms with E-state index in [4.69, 9.17) is 14.5 Å². The maximum atomic E-state index is 14.5. The number of ether oxygens (including phenoxy) is 2. The SMILES string of the molecule is Fc1ccccc1-c1csc(=Nc2cccnc2)n1Cc1ccc2c(c1)OCO2. The molecule has 5 rings (SSSR count). The highest BCUT2D eigenvalue weighted by molar-refractivity contribution is 7.07. The van der Waals surface area contributed by atoms with Gasteiger partial charge in [-0.05, 0) is 42.0 Å². The van der Waals surface area contributed by atoms with Crippen LogP contribution in [0, 0.1) is 5.82 Å². The Kier molecular flexibility index (Phi) is 4.57. The van der Waals surface area contributed by atoms with Gasteiger partial charge in [-0.15, -0.1) is 11.3 Å². The summed E-state index contributed by atoms with van der Waals surface area (Å²) in [6.07, 6.45) is 3.41. The fraction of sp³-hybridized carbons (Fsp3) is 0.0909. The van der Waals surface area contributed by atoms with E-state index in [9.17, 15) is 4.39 Å². The first kappa shape index (κ1) is 17.6. The van der Waals surface area contributed by atoms with Gasteiger partial charge in [0.1, 0.15) is 5.82 Å². The zero-order valence-corrected chi connectivity index (χ0v) is 16.1. The molecular weight excluding hydrogens is 389 g/mol. The first-order valence-corrected chi connectivity index (χ1v) is 9.92. The van der Waals surface area contributed by atoms with Crippen LogP contribution in [-0.4, -0.2) is 16.3 Å². The molecule has 0 spiro atoms. The standard InChI is InChI=1S/C22H16FN3O2S/c23-18-6-2-1-5-17(18)19-13-29-22(25-16-4-3-9-24-11-16)26(19)12-15-7-8-20-21(10-15)28-14-27-20/h1-11,13H,12,14H2. The number of nitrogens with zero attached hydrogens (tertiary/aromatic N) is 3. The van der Waals surface area contributed by atoms with Crippen LogP contribution < -0.4 is 14.3 Å². The first-order valence-electron chi connectivity index (χ1n) is 9.04. The number of halogens is 1. The number of aromatic nitrogens is 2. The van der Waals surface area contributed by atoms with Gasteiger partial charge in [-0.2, -0.15) is 0 Å². The molecule has 144 valence electrons. The molecule has 29 heavy (non-hydrogen) atoms. The Hall–Kier alpha value is -3.45. The normalized spacial score (nSPS) is 13.1. The predicted molar refractivity (Wildman–Crippen MR) is 109 cm³/mol. The number of hydrogen-bond acceptors (Lipinski definition) is 5. The van der Waals surface area contributed by atoms with Crippen molar-refractivity contribution in [2.75, 3.05) is 6.79 Å². The van der Waals surface area contributed by atoms with Crippen molar-refractivity contribution in [2.24, 2.45) is 4.99 Å². The highest BCUT2D eigenvalue weighted by Gasteiger charge is 2.16. The minimum absolute atomic E-state index is 0.229. The van der Waals surface area contributed by atoms with Crippen LogP contribution in [0.15, 0.2) is 77.4 Å². The van der Waals surface area contributed by atoms with Gasteiger partial charge in [-0.1, -0.05) is 18.2 Å². The second-order valence-corrected chi connectivity index (χ2v) is 7.32. The lowest BCUT2D eigenvalue weighted by atomic mass is 10.1. The number of thiazole rings is 1. The predicted octanol–water partition coefficient (Wildman–Crippen LogP) is 4.76. The minimum atomic E-state index is -0.266. The van der Waals surface area contributed by atoms with Crippen molar-refractivity contribution in [3.8, 4) is 22.8 Å². The van der Waals surface area contributed by atoms with Crippen molar-refractivity contribution in [3.63, 3.8) is 0 Å². The number of pyridine rings is 1. The van der Waals surface area contributed by atoms with E-state index in [1.54, 1.807) is 24.5 Å². The van der Waals surface area contributed by atoms with E-state index in [1.807, 2.05) is 46.3 Å². The van der Waals surface area contributed by atoms with Gasteiger partial charge in [-0.25, -0.2) is 9.38 Å². The Bertz CT molecular complexity index is 1230. The van der Waals surface area contributed by atoms with Crippen LogP contribution in [0.3, 0.4) is 0 Å². The van der Waals surface area contributed by atoms with Gasteiger partial charge < -0.3 is 14.0 Å². The molecule has 0 atom stereocenters. The molecule has 0 bridgehead atoms. The Balaban J connectivity index is 1.64. The molecule has 1 aliphatic rings. The number of hydrogen-bond donors (Lipinski definition) is 0. The summed E-state index contributed by atoms with van der Waals surface area (Å²) in [7, 11) is 0. The topological polar surface area (TPSA) is 48.6 Å². The summed E-state index contributed by atoms with van der Waals surface area (Å²) in [6.45, 7) is 0.745. The van der Waals surface area contributed by atoms with Crippen LogP contribution in [0.1, 0.15) is 5.56 Å². The number of benzene rings is 2. The first-order chi connectivity index (χ1) is 14.3. The molecule has 0 amide bonds. The Morgan fingerprint density at radius 2 is 1.97 bits per heavy atom. The lowest BCUT2D eigenvalue weighted by molar-refractivity contribution is 0.174. The smallest absolute Gasteiger partial charge is 0.231 e. The van der Waals surface area contributed by atoms with Crippen LogP contribution in [0.25, 0.3) is 11.3 Å². The summed E-state index contributed by atoms with van der Waals surface area (Å²) in [6, 6.07) is 16.3. The zero-order valence-electron chi connectivity index (χ0n) is 15.3. The number of fused-ring (bicyclic) bond motifs is 1. The summed E-state index contributed by atoms with van der Waals surface area (Å²) in [5.74, 6) is 1.19. The van der Waals surface area contributed by atoms with E-state index in [1.165, 1.54) is 17.4 Å². The summed E-state index contributed by atoms with van der Waals surface area (Å²) < 4.78 is 27.4. The third-order valence-electron chi connectivity index (χ3n) is 4.60. The van der Waals surface area contributed by atoms with Crippen LogP contribution in [-0.2, 0) is 6.54 Å². The monoisotopic (exact) mass is 405 g/mol. The van der Waals surface area contributed by atoms with Crippen LogP contribution >= 0.6 is 11.3 Å². The Labute approximate surface area is 170 Å². The van der Waals surface area contributed by atoms with Crippen molar-refractivity contribution in [1.29, 1.82) is 0 Å². The van der Waals surface area contributed by atoms with Crippen LogP contribution in [0.2, 0.25) is 0 Å². The lowest BCUT2D eigenvalue weighted by Crippen LogP contribution is -2.17. The van der Waals surface area contributed by atoms with E-state index in [2.05, 4.69) is 4.98 Å². The summed E-state index contributed by atoms with van der Waals surface area (Å²) in [4.78, 5) is 9.61. The van der Waals surface area contributed by atoms with E-state index in [0.717, 1.165) is 33.2 Å². The summed E-state index contributed by atoms with van der Waals surface area (Å²) >= 11 is 1.47.